The molecule has 69 heavy (non-hydrogen) atoms. The topological polar surface area (TPSA) is 3.24 Å². The molecule has 0 aliphatic heterocycles. The van der Waals surface area contributed by atoms with Gasteiger partial charge in [0.1, 0.15) is 0 Å². The number of nitrogens with zero attached hydrogens (tertiary/aromatic N) is 1. The Kier molecular flexibility index (Phi) is 10.9. The third kappa shape index (κ3) is 7.16. The van der Waals surface area contributed by atoms with Crippen molar-refractivity contribution in [1.29, 1.82) is 0 Å². The minimum atomic E-state index is -2.75. The summed E-state index contributed by atoms with van der Waals surface area (Å²) in [5.41, 5.74) is 15.1. The number of rotatable bonds is 11. The van der Waals surface area contributed by atoms with Crippen LogP contribution < -0.4 is 25.6 Å². The Morgan fingerprint density at radius 1 is 0.246 bits per heavy atom. The smallest absolute Gasteiger partial charge is 0.179 e. The van der Waals surface area contributed by atoms with Crippen LogP contribution in [0.25, 0.3) is 33.4 Å². The van der Waals surface area contributed by atoms with Crippen LogP contribution in [0.15, 0.2) is 297 Å². The minimum absolute atomic E-state index is 0.573. The van der Waals surface area contributed by atoms with Crippen molar-refractivity contribution in [2.24, 2.45) is 0 Å². The predicted octanol–water partition coefficient (Wildman–Crippen LogP) is 14.2. The molecule has 0 heterocycles. The van der Waals surface area contributed by atoms with Gasteiger partial charge in [0.2, 0.25) is 0 Å². The molecule has 1 aliphatic carbocycles. The fraction of sp³-hybridized carbons (Fsp3) is 0.0149. The molecule has 0 aromatic heterocycles. The van der Waals surface area contributed by atoms with Crippen molar-refractivity contribution in [2.75, 3.05) is 4.90 Å². The van der Waals surface area contributed by atoms with E-state index in [-0.39, 0.29) is 0 Å². The quantitative estimate of drug-likeness (QED) is 0.0924. The molecule has 0 radical (unpaired) electrons. The van der Waals surface area contributed by atoms with Gasteiger partial charge in [-0.2, -0.15) is 0 Å². The Hall–Kier alpha value is -8.56. The van der Waals surface area contributed by atoms with E-state index in [1.807, 2.05) is 0 Å². The zero-order valence-electron chi connectivity index (χ0n) is 38.2. The van der Waals surface area contributed by atoms with Crippen molar-refractivity contribution >= 4 is 45.9 Å². The lowest BCUT2D eigenvalue weighted by molar-refractivity contribution is 0.769. The average molecular weight is 896 g/mol. The number of anilines is 3. The SMILES string of the molecule is c1ccc(-c2ccc(N(c3ccc(C4(c5ccc([Si](c6ccccc6)(c6ccccc6)c6ccccc6)cc5)c5ccccc5-c5ccccc54)cc3)c3cccc(-c4ccccc4)c3)cc2)cc1. The normalized spacial score (nSPS) is 12.5. The number of hydrogen-bond donors (Lipinski definition) is 0. The van der Waals surface area contributed by atoms with Crippen molar-refractivity contribution in [3.05, 3.63) is 320 Å². The largest absolute Gasteiger partial charge is 0.310 e. The molecule has 0 amide bonds. The standard InChI is InChI=1S/C67H49NSi/c1-6-21-50(22-7-1)52-37-43-56(44-38-52)68(58-26-20-25-53(49-58)51-23-8-2-9-24-51)57-45-39-54(40-46-57)67(65-35-18-16-33-63(65)64-34-17-19-36-66(64)67)55-41-47-62(48-42-55)69(59-27-10-3-11-28-59,60-29-12-4-13-30-60)61-31-14-5-15-32-61/h1-49H. The summed E-state index contributed by atoms with van der Waals surface area (Å²) in [7, 11) is -2.75. The van der Waals surface area contributed by atoms with Gasteiger partial charge in [0.05, 0.1) is 5.41 Å². The second-order valence-electron chi connectivity index (χ2n) is 18.0. The Labute approximate surface area is 407 Å². The van der Waals surface area contributed by atoms with Crippen LogP contribution in [0, 0.1) is 0 Å². The summed E-state index contributed by atoms with van der Waals surface area (Å²) < 4.78 is 0. The van der Waals surface area contributed by atoms with Gasteiger partial charge in [-0.05, 0) is 113 Å². The Bertz CT molecular complexity index is 3360. The predicted molar refractivity (Wildman–Crippen MR) is 293 cm³/mol. The van der Waals surface area contributed by atoms with E-state index >= 15 is 0 Å². The lowest BCUT2D eigenvalue weighted by Crippen LogP contribution is -2.74. The summed E-state index contributed by atoms with van der Waals surface area (Å²) in [6.45, 7) is 0. The van der Waals surface area contributed by atoms with Gasteiger partial charge in [0.25, 0.3) is 0 Å². The van der Waals surface area contributed by atoms with Gasteiger partial charge in [-0.3, -0.25) is 0 Å². The molecule has 0 bridgehead atoms. The van der Waals surface area contributed by atoms with Crippen LogP contribution >= 0.6 is 0 Å². The molecule has 11 aromatic rings. The second kappa shape index (κ2) is 17.9. The molecular weight excluding hydrogens is 847 g/mol. The second-order valence-corrected chi connectivity index (χ2v) is 21.8. The van der Waals surface area contributed by atoms with Crippen LogP contribution in [0.1, 0.15) is 22.3 Å². The molecule has 1 aliphatic rings. The average Bonchev–Trinajstić information content (AvgIpc) is 3.74. The molecule has 326 valence electrons. The molecule has 0 spiro atoms. The first-order chi connectivity index (χ1) is 34.2. The van der Waals surface area contributed by atoms with Crippen LogP contribution in [-0.2, 0) is 5.41 Å². The van der Waals surface area contributed by atoms with Gasteiger partial charge >= 0.3 is 0 Å². The highest BCUT2D eigenvalue weighted by molar-refractivity contribution is 7.19. The maximum absolute atomic E-state index is 2.75. The third-order valence-corrected chi connectivity index (χ3v) is 19.1. The third-order valence-electron chi connectivity index (χ3n) is 14.3. The van der Waals surface area contributed by atoms with E-state index in [4.69, 9.17) is 0 Å². The van der Waals surface area contributed by atoms with Gasteiger partial charge in [0.15, 0.2) is 8.07 Å². The molecule has 0 atom stereocenters. The molecule has 0 unspecified atom stereocenters. The fourth-order valence-corrected chi connectivity index (χ4v) is 16.0. The zero-order chi connectivity index (χ0) is 46.0. The van der Waals surface area contributed by atoms with Crippen LogP contribution in [0.2, 0.25) is 0 Å². The van der Waals surface area contributed by atoms with E-state index < -0.39 is 13.5 Å². The molecule has 2 heteroatoms. The molecule has 0 saturated carbocycles. The maximum atomic E-state index is 2.45. The first-order valence-corrected chi connectivity index (χ1v) is 25.9. The van der Waals surface area contributed by atoms with Gasteiger partial charge in [0, 0.05) is 17.1 Å². The lowest BCUT2D eigenvalue weighted by atomic mass is 9.67. The summed E-state index contributed by atoms with van der Waals surface area (Å²) in [4.78, 5) is 2.39. The Balaban J connectivity index is 1.03. The van der Waals surface area contributed by atoms with E-state index in [1.54, 1.807) is 0 Å². The van der Waals surface area contributed by atoms with Crippen LogP contribution in [0.5, 0.6) is 0 Å². The molecule has 0 saturated heterocycles. The lowest BCUT2D eigenvalue weighted by Gasteiger charge is -2.37. The van der Waals surface area contributed by atoms with E-state index in [0.29, 0.717) is 0 Å². The first-order valence-electron chi connectivity index (χ1n) is 23.9. The molecule has 0 fully saturated rings. The van der Waals surface area contributed by atoms with Crippen LogP contribution in [0.4, 0.5) is 17.1 Å². The van der Waals surface area contributed by atoms with Crippen molar-refractivity contribution in [3.8, 4) is 33.4 Å². The number of benzene rings is 11. The molecule has 0 N–H and O–H groups in total. The van der Waals surface area contributed by atoms with Crippen LogP contribution in [-0.4, -0.2) is 8.07 Å². The monoisotopic (exact) mass is 895 g/mol. The fourth-order valence-electron chi connectivity index (χ4n) is 11.3. The summed E-state index contributed by atoms with van der Waals surface area (Å²) in [6, 6.07) is 110. The molecule has 11 aromatic carbocycles. The van der Waals surface area contributed by atoms with Gasteiger partial charge in [-0.25, -0.2) is 0 Å². The Morgan fingerprint density at radius 2 is 0.594 bits per heavy atom. The summed E-state index contributed by atoms with van der Waals surface area (Å²) >= 11 is 0. The van der Waals surface area contributed by atoms with E-state index in [9.17, 15) is 0 Å². The van der Waals surface area contributed by atoms with E-state index in [0.717, 1.165) is 17.1 Å². The molecular formula is C67H49NSi. The van der Waals surface area contributed by atoms with Gasteiger partial charge < -0.3 is 4.90 Å². The number of fused-ring (bicyclic) bond motifs is 3. The Morgan fingerprint density at radius 3 is 1.07 bits per heavy atom. The molecule has 1 nitrogen and oxygen atoms in total. The van der Waals surface area contributed by atoms with E-state index in [1.165, 1.54) is 76.4 Å². The van der Waals surface area contributed by atoms with Crippen molar-refractivity contribution in [1.82, 2.24) is 0 Å². The first kappa shape index (κ1) is 41.8. The highest BCUT2D eigenvalue weighted by Gasteiger charge is 2.47. The summed E-state index contributed by atoms with van der Waals surface area (Å²) in [6.07, 6.45) is 0. The summed E-state index contributed by atoms with van der Waals surface area (Å²) in [5.74, 6) is 0. The van der Waals surface area contributed by atoms with Gasteiger partial charge in [-0.1, -0.05) is 261 Å². The minimum Gasteiger partial charge on any atom is -0.310 e. The van der Waals surface area contributed by atoms with Crippen molar-refractivity contribution in [3.63, 3.8) is 0 Å². The highest BCUT2D eigenvalue weighted by atomic mass is 28.3. The number of hydrogen-bond acceptors (Lipinski definition) is 1. The van der Waals surface area contributed by atoms with Gasteiger partial charge in [-0.15, -0.1) is 0 Å². The highest BCUT2D eigenvalue weighted by Crippen LogP contribution is 2.56. The van der Waals surface area contributed by atoms with Crippen molar-refractivity contribution in [2.45, 2.75) is 5.41 Å². The van der Waals surface area contributed by atoms with E-state index in [2.05, 4.69) is 302 Å². The summed E-state index contributed by atoms with van der Waals surface area (Å²) in [5, 5.41) is 5.45. The maximum Gasteiger partial charge on any atom is 0.179 e. The zero-order valence-corrected chi connectivity index (χ0v) is 39.2. The molecule has 12 rings (SSSR count). The van der Waals surface area contributed by atoms with Crippen LogP contribution in [0.3, 0.4) is 0 Å². The van der Waals surface area contributed by atoms with Crippen molar-refractivity contribution < 1.29 is 0 Å².